The number of hydrogen-bond donors (Lipinski definition) is 2. The van der Waals surface area contributed by atoms with Gasteiger partial charge in [0.15, 0.2) is 0 Å². The first kappa shape index (κ1) is 11.1. The molecule has 0 aliphatic heterocycles. The fraction of sp³-hybridized carbons (Fsp3) is 0.0769. The molecule has 0 aliphatic carbocycles. The highest BCUT2D eigenvalue weighted by Crippen LogP contribution is 2.20. The van der Waals surface area contributed by atoms with Crippen molar-refractivity contribution in [1.82, 2.24) is 4.98 Å². The quantitative estimate of drug-likeness (QED) is 0.827. The van der Waals surface area contributed by atoms with Crippen molar-refractivity contribution in [2.45, 2.75) is 6.92 Å². The standard InChI is InChI=1S/C13H11NO3/c1-8-3-2-4-9(7-8)12-10(13(16)17)5-6-11(15)14-12/h2-7H,1H3,(H,14,15)(H,16,17). The minimum Gasteiger partial charge on any atom is -0.478 e. The van der Waals surface area contributed by atoms with Gasteiger partial charge in [-0.2, -0.15) is 0 Å². The Morgan fingerprint density at radius 2 is 2.00 bits per heavy atom. The van der Waals surface area contributed by atoms with Gasteiger partial charge in [0, 0.05) is 6.07 Å². The van der Waals surface area contributed by atoms with E-state index in [2.05, 4.69) is 4.98 Å². The molecule has 4 nitrogen and oxygen atoms in total. The van der Waals surface area contributed by atoms with E-state index >= 15 is 0 Å². The zero-order valence-corrected chi connectivity index (χ0v) is 9.23. The zero-order chi connectivity index (χ0) is 12.4. The van der Waals surface area contributed by atoms with Crippen molar-refractivity contribution in [2.75, 3.05) is 0 Å². The molecule has 0 fully saturated rings. The van der Waals surface area contributed by atoms with Gasteiger partial charge in [0.2, 0.25) is 5.56 Å². The van der Waals surface area contributed by atoms with Crippen LogP contribution in [-0.2, 0) is 0 Å². The Morgan fingerprint density at radius 3 is 2.65 bits per heavy atom. The summed E-state index contributed by atoms with van der Waals surface area (Å²) in [5, 5.41) is 9.07. The van der Waals surface area contributed by atoms with E-state index in [4.69, 9.17) is 5.11 Å². The average Bonchev–Trinajstić information content (AvgIpc) is 2.28. The Kier molecular flexibility index (Phi) is 2.78. The smallest absolute Gasteiger partial charge is 0.337 e. The Morgan fingerprint density at radius 1 is 1.24 bits per heavy atom. The summed E-state index contributed by atoms with van der Waals surface area (Å²) in [6.45, 7) is 1.91. The minimum absolute atomic E-state index is 0.0928. The van der Waals surface area contributed by atoms with Crippen molar-refractivity contribution in [3.8, 4) is 11.3 Å². The van der Waals surface area contributed by atoms with Gasteiger partial charge < -0.3 is 10.1 Å². The van der Waals surface area contributed by atoms with Gasteiger partial charge in [-0.15, -0.1) is 0 Å². The summed E-state index contributed by atoms with van der Waals surface area (Å²) in [6, 6.07) is 9.86. The number of nitrogens with one attached hydrogen (secondary N) is 1. The number of H-pyrrole nitrogens is 1. The minimum atomic E-state index is -1.06. The molecule has 0 bridgehead atoms. The molecular weight excluding hydrogens is 218 g/mol. The summed E-state index contributed by atoms with van der Waals surface area (Å²) in [5.41, 5.74) is 1.82. The van der Waals surface area contributed by atoms with Crippen LogP contribution in [-0.4, -0.2) is 16.1 Å². The molecule has 2 rings (SSSR count). The predicted octanol–water partition coefficient (Wildman–Crippen LogP) is 2.05. The number of carboxylic acids is 1. The van der Waals surface area contributed by atoms with Crippen LogP contribution in [0.2, 0.25) is 0 Å². The number of hydrogen-bond acceptors (Lipinski definition) is 2. The predicted molar refractivity (Wildman–Crippen MR) is 64.2 cm³/mol. The summed E-state index contributed by atoms with van der Waals surface area (Å²) >= 11 is 0. The van der Waals surface area contributed by atoms with Crippen LogP contribution in [0.15, 0.2) is 41.2 Å². The lowest BCUT2D eigenvalue weighted by atomic mass is 10.0. The van der Waals surface area contributed by atoms with Crippen LogP contribution in [0.4, 0.5) is 0 Å². The highest BCUT2D eigenvalue weighted by Gasteiger charge is 2.12. The molecule has 4 heteroatoms. The molecule has 86 valence electrons. The molecule has 0 saturated heterocycles. The third-order valence-electron chi connectivity index (χ3n) is 2.46. The van der Waals surface area contributed by atoms with Crippen molar-refractivity contribution in [3.63, 3.8) is 0 Å². The first-order valence-electron chi connectivity index (χ1n) is 5.11. The van der Waals surface area contributed by atoms with Gasteiger partial charge in [0.05, 0.1) is 11.3 Å². The highest BCUT2D eigenvalue weighted by atomic mass is 16.4. The van der Waals surface area contributed by atoms with Gasteiger partial charge in [-0.25, -0.2) is 4.79 Å². The summed E-state index contributed by atoms with van der Waals surface area (Å²) < 4.78 is 0. The Labute approximate surface area is 97.6 Å². The van der Waals surface area contributed by atoms with Crippen molar-refractivity contribution in [2.24, 2.45) is 0 Å². The maximum atomic E-state index is 11.3. The Hall–Kier alpha value is -2.36. The van der Waals surface area contributed by atoms with Gasteiger partial charge in [0.25, 0.3) is 0 Å². The van der Waals surface area contributed by atoms with Gasteiger partial charge in [-0.05, 0) is 24.6 Å². The fourth-order valence-electron chi connectivity index (χ4n) is 1.68. The van der Waals surface area contributed by atoms with Crippen molar-refractivity contribution in [1.29, 1.82) is 0 Å². The lowest BCUT2D eigenvalue weighted by Crippen LogP contribution is -2.10. The maximum Gasteiger partial charge on any atom is 0.337 e. The molecule has 0 radical (unpaired) electrons. The molecule has 0 atom stereocenters. The summed E-state index contributed by atoms with van der Waals surface area (Å²) in [4.78, 5) is 24.9. The lowest BCUT2D eigenvalue weighted by molar-refractivity contribution is 0.0697. The SMILES string of the molecule is Cc1cccc(-c2[nH]c(=O)ccc2C(=O)O)c1. The van der Waals surface area contributed by atoms with Crippen molar-refractivity contribution < 1.29 is 9.90 Å². The normalized spacial score (nSPS) is 10.2. The van der Waals surface area contributed by atoms with Crippen molar-refractivity contribution >= 4 is 5.97 Å². The zero-order valence-electron chi connectivity index (χ0n) is 9.23. The number of aryl methyl sites for hydroxylation is 1. The highest BCUT2D eigenvalue weighted by molar-refractivity contribution is 5.94. The van der Waals surface area contributed by atoms with Crippen LogP contribution in [0.1, 0.15) is 15.9 Å². The molecule has 0 spiro atoms. The average molecular weight is 229 g/mol. The van der Waals surface area contributed by atoms with E-state index < -0.39 is 5.97 Å². The van der Waals surface area contributed by atoms with E-state index in [9.17, 15) is 9.59 Å². The molecule has 1 aromatic heterocycles. The number of aromatic nitrogens is 1. The monoisotopic (exact) mass is 229 g/mol. The third-order valence-corrected chi connectivity index (χ3v) is 2.46. The molecule has 1 heterocycles. The summed E-state index contributed by atoms with van der Waals surface area (Å²) in [6.07, 6.45) is 0. The molecule has 2 N–H and O–H groups in total. The van der Waals surface area contributed by atoms with Gasteiger partial charge >= 0.3 is 5.97 Å². The van der Waals surface area contributed by atoms with E-state index in [-0.39, 0.29) is 11.1 Å². The van der Waals surface area contributed by atoms with Gasteiger partial charge in [-0.3, -0.25) is 4.79 Å². The number of carboxylic acid groups (broad SMARTS) is 1. The molecule has 0 aliphatic rings. The molecule has 0 unspecified atom stereocenters. The van der Waals surface area contributed by atoms with Crippen molar-refractivity contribution in [3.05, 3.63) is 57.9 Å². The molecular formula is C13H11NO3. The lowest BCUT2D eigenvalue weighted by Gasteiger charge is -2.06. The van der Waals surface area contributed by atoms with Crippen LogP contribution in [0.5, 0.6) is 0 Å². The van der Waals surface area contributed by atoms with Crippen LogP contribution in [0.25, 0.3) is 11.3 Å². The van der Waals surface area contributed by atoms with Crippen LogP contribution in [0.3, 0.4) is 0 Å². The first-order chi connectivity index (χ1) is 8.08. The summed E-state index contributed by atoms with van der Waals surface area (Å²) in [5.74, 6) is -1.06. The van der Waals surface area contributed by atoms with E-state index in [1.807, 2.05) is 25.1 Å². The molecule has 1 aromatic carbocycles. The number of aromatic carboxylic acids is 1. The second-order valence-electron chi connectivity index (χ2n) is 3.79. The summed E-state index contributed by atoms with van der Waals surface area (Å²) in [7, 11) is 0. The molecule has 0 saturated carbocycles. The topological polar surface area (TPSA) is 70.2 Å². The van der Waals surface area contributed by atoms with Crippen LogP contribution in [0, 0.1) is 6.92 Å². The molecule has 0 amide bonds. The van der Waals surface area contributed by atoms with Crippen LogP contribution >= 0.6 is 0 Å². The van der Waals surface area contributed by atoms with Crippen LogP contribution < -0.4 is 5.56 Å². The van der Waals surface area contributed by atoms with E-state index in [1.165, 1.54) is 12.1 Å². The second-order valence-corrected chi connectivity index (χ2v) is 3.79. The number of carbonyl (C=O) groups is 1. The Balaban J connectivity index is 2.69. The molecule has 2 aromatic rings. The van der Waals surface area contributed by atoms with E-state index in [1.54, 1.807) is 6.07 Å². The number of benzene rings is 1. The fourth-order valence-corrected chi connectivity index (χ4v) is 1.68. The molecule has 17 heavy (non-hydrogen) atoms. The van der Waals surface area contributed by atoms with E-state index in [0.29, 0.717) is 11.3 Å². The van der Waals surface area contributed by atoms with Gasteiger partial charge in [-0.1, -0.05) is 23.8 Å². The van der Waals surface area contributed by atoms with Gasteiger partial charge in [0.1, 0.15) is 0 Å². The second kappa shape index (κ2) is 4.25. The maximum absolute atomic E-state index is 11.3. The number of aromatic amines is 1. The Bertz CT molecular complexity index is 629. The number of rotatable bonds is 2. The first-order valence-corrected chi connectivity index (χ1v) is 5.11. The largest absolute Gasteiger partial charge is 0.478 e. The number of pyridine rings is 1. The third kappa shape index (κ3) is 2.25. The van der Waals surface area contributed by atoms with E-state index in [0.717, 1.165) is 5.56 Å².